The van der Waals surface area contributed by atoms with E-state index in [4.69, 9.17) is 16.3 Å². The molecule has 0 atom stereocenters. The van der Waals surface area contributed by atoms with Gasteiger partial charge in [0.25, 0.3) is 5.91 Å². The number of ether oxygens (including phenoxy) is 1. The molecule has 0 radical (unpaired) electrons. The van der Waals surface area contributed by atoms with Crippen LogP contribution in [0.4, 0.5) is 10.5 Å². The summed E-state index contributed by atoms with van der Waals surface area (Å²) in [5.41, 5.74) is 2.92. The Hall–Kier alpha value is -2.99. The first kappa shape index (κ1) is 20.3. The molecule has 3 amide bonds. The molecule has 0 bridgehead atoms. The Morgan fingerprint density at radius 3 is 2.50 bits per heavy atom. The van der Waals surface area contributed by atoms with Gasteiger partial charge in [-0.25, -0.2) is 4.79 Å². The summed E-state index contributed by atoms with van der Waals surface area (Å²) in [6, 6.07) is 12.6. The maximum Gasteiger partial charge on any atom is 0.329 e. The van der Waals surface area contributed by atoms with Crippen molar-refractivity contribution in [3.8, 4) is 5.75 Å². The average molecular weight is 426 g/mol. The van der Waals surface area contributed by atoms with E-state index in [1.165, 1.54) is 24.2 Å². The van der Waals surface area contributed by atoms with Gasteiger partial charge in [-0.05, 0) is 55.2 Å². The maximum absolute atomic E-state index is 12.8. The molecule has 30 heavy (non-hydrogen) atoms. The quantitative estimate of drug-likeness (QED) is 0.568. The number of piperidine rings is 1. The van der Waals surface area contributed by atoms with Gasteiger partial charge >= 0.3 is 6.03 Å². The molecule has 2 aromatic rings. The van der Waals surface area contributed by atoms with Crippen molar-refractivity contribution < 1.29 is 14.3 Å². The van der Waals surface area contributed by atoms with Gasteiger partial charge in [0.15, 0.2) is 0 Å². The molecule has 2 aliphatic rings. The third-order valence-corrected chi connectivity index (χ3v) is 5.71. The Balaban J connectivity index is 1.54. The minimum Gasteiger partial charge on any atom is -0.496 e. The van der Waals surface area contributed by atoms with E-state index in [9.17, 15) is 9.59 Å². The molecular weight excluding hydrogens is 402 g/mol. The highest BCUT2D eigenvalue weighted by atomic mass is 35.5. The fourth-order valence-electron chi connectivity index (χ4n) is 3.81. The van der Waals surface area contributed by atoms with E-state index in [1.807, 2.05) is 18.2 Å². The molecule has 0 saturated carbocycles. The zero-order valence-corrected chi connectivity index (χ0v) is 17.6. The minimum absolute atomic E-state index is 0.185. The molecule has 0 aliphatic carbocycles. The van der Waals surface area contributed by atoms with Gasteiger partial charge in [-0.15, -0.1) is 0 Å². The van der Waals surface area contributed by atoms with Crippen molar-refractivity contribution >= 4 is 35.3 Å². The van der Waals surface area contributed by atoms with Crippen molar-refractivity contribution in [2.24, 2.45) is 0 Å². The fourth-order valence-corrected chi connectivity index (χ4v) is 3.94. The van der Waals surface area contributed by atoms with Gasteiger partial charge in [0, 0.05) is 35.4 Å². The minimum atomic E-state index is -0.440. The monoisotopic (exact) mass is 425 g/mol. The van der Waals surface area contributed by atoms with Crippen molar-refractivity contribution in [2.45, 2.75) is 25.8 Å². The number of rotatable bonds is 5. The van der Waals surface area contributed by atoms with Gasteiger partial charge in [-0.3, -0.25) is 9.69 Å². The summed E-state index contributed by atoms with van der Waals surface area (Å²) in [6.45, 7) is 2.26. The van der Waals surface area contributed by atoms with E-state index in [2.05, 4.69) is 10.2 Å². The molecule has 2 aliphatic heterocycles. The van der Waals surface area contributed by atoms with Crippen molar-refractivity contribution in [2.75, 3.05) is 25.1 Å². The highest BCUT2D eigenvalue weighted by Gasteiger charge is 2.33. The smallest absolute Gasteiger partial charge is 0.329 e. The third kappa shape index (κ3) is 4.28. The second kappa shape index (κ2) is 8.79. The third-order valence-electron chi connectivity index (χ3n) is 5.45. The number of halogens is 1. The lowest BCUT2D eigenvalue weighted by Crippen LogP contribution is -2.30. The molecular formula is C23H24ClN3O3. The summed E-state index contributed by atoms with van der Waals surface area (Å²) in [5, 5.41) is 3.28. The number of anilines is 1. The Morgan fingerprint density at radius 2 is 1.80 bits per heavy atom. The maximum atomic E-state index is 12.8. The largest absolute Gasteiger partial charge is 0.496 e. The van der Waals surface area contributed by atoms with E-state index in [0.717, 1.165) is 29.9 Å². The van der Waals surface area contributed by atoms with Gasteiger partial charge in [0.1, 0.15) is 11.4 Å². The SMILES string of the molecule is COc1cc(N2CCCCC2)ccc1C=C1NC(=O)N(Cc2ccc(Cl)cc2)C1=O. The Kier molecular flexibility index (Phi) is 5.95. The van der Waals surface area contributed by atoms with E-state index in [1.54, 1.807) is 37.5 Å². The predicted octanol–water partition coefficient (Wildman–Crippen LogP) is 4.43. The van der Waals surface area contributed by atoms with Crippen LogP contribution in [0.15, 0.2) is 48.2 Å². The highest BCUT2D eigenvalue weighted by molar-refractivity contribution is 6.30. The number of hydrogen-bond acceptors (Lipinski definition) is 4. The number of benzene rings is 2. The van der Waals surface area contributed by atoms with Crippen molar-refractivity contribution in [1.82, 2.24) is 10.2 Å². The Labute approximate surface area is 181 Å². The number of hydrogen-bond donors (Lipinski definition) is 1. The summed E-state index contributed by atoms with van der Waals surface area (Å²) in [7, 11) is 1.61. The first-order valence-corrected chi connectivity index (χ1v) is 10.4. The lowest BCUT2D eigenvalue weighted by molar-refractivity contribution is -0.123. The van der Waals surface area contributed by atoms with Crippen LogP contribution < -0.4 is 15.0 Å². The van der Waals surface area contributed by atoms with Gasteiger partial charge in [0.2, 0.25) is 0 Å². The van der Waals surface area contributed by atoms with Crippen molar-refractivity contribution in [3.63, 3.8) is 0 Å². The number of carbonyl (C=O) groups is 2. The molecule has 4 rings (SSSR count). The predicted molar refractivity (Wildman–Crippen MR) is 118 cm³/mol. The van der Waals surface area contributed by atoms with Gasteiger partial charge in [0.05, 0.1) is 13.7 Å². The van der Waals surface area contributed by atoms with E-state index in [0.29, 0.717) is 10.8 Å². The van der Waals surface area contributed by atoms with Gasteiger partial charge in [-0.2, -0.15) is 0 Å². The van der Waals surface area contributed by atoms with Crippen LogP contribution in [-0.2, 0) is 11.3 Å². The first-order valence-electron chi connectivity index (χ1n) is 10.1. The normalized spacial score (nSPS) is 18.1. The molecule has 0 unspecified atom stereocenters. The van der Waals surface area contributed by atoms with Gasteiger partial charge in [-0.1, -0.05) is 23.7 Å². The standard InChI is InChI=1S/C23H24ClN3O3/c1-30-21-14-19(26-11-3-2-4-12-26)10-7-17(21)13-20-22(28)27(23(29)25-20)15-16-5-8-18(24)9-6-16/h5-10,13-14H,2-4,11-12,15H2,1H3,(H,25,29). The number of amides is 3. The van der Waals surface area contributed by atoms with Crippen molar-refractivity contribution in [1.29, 1.82) is 0 Å². The summed E-state index contributed by atoms with van der Waals surface area (Å²) < 4.78 is 5.56. The average Bonchev–Trinajstić information content (AvgIpc) is 3.03. The zero-order chi connectivity index (χ0) is 21.1. The van der Waals surface area contributed by atoms with E-state index < -0.39 is 6.03 Å². The zero-order valence-electron chi connectivity index (χ0n) is 16.9. The number of urea groups is 1. The van der Waals surface area contributed by atoms with E-state index >= 15 is 0 Å². The number of methoxy groups -OCH3 is 1. The van der Waals surface area contributed by atoms with Crippen LogP contribution in [0.3, 0.4) is 0 Å². The molecule has 2 saturated heterocycles. The number of carbonyl (C=O) groups excluding carboxylic acids is 2. The molecule has 2 aromatic carbocycles. The van der Waals surface area contributed by atoms with Crippen LogP contribution >= 0.6 is 11.6 Å². The Morgan fingerprint density at radius 1 is 1.07 bits per heavy atom. The number of imide groups is 1. The summed E-state index contributed by atoms with van der Waals surface area (Å²) in [5.74, 6) is 0.306. The summed E-state index contributed by atoms with van der Waals surface area (Å²) >= 11 is 5.90. The molecule has 156 valence electrons. The molecule has 7 heteroatoms. The van der Waals surface area contributed by atoms with E-state index in [-0.39, 0.29) is 18.1 Å². The molecule has 2 heterocycles. The molecule has 1 N–H and O–H groups in total. The van der Waals surface area contributed by atoms with Crippen LogP contribution in [-0.4, -0.2) is 37.0 Å². The van der Waals surface area contributed by atoms with Crippen LogP contribution in [0, 0.1) is 0 Å². The second-order valence-electron chi connectivity index (χ2n) is 7.48. The summed E-state index contributed by atoms with van der Waals surface area (Å²) in [4.78, 5) is 28.7. The van der Waals surface area contributed by atoms with Gasteiger partial charge < -0.3 is 15.0 Å². The Bertz CT molecular complexity index is 982. The summed E-state index contributed by atoms with van der Waals surface area (Å²) in [6.07, 6.45) is 5.32. The van der Waals surface area contributed by atoms with Crippen LogP contribution in [0.1, 0.15) is 30.4 Å². The lowest BCUT2D eigenvalue weighted by atomic mass is 10.1. The fraction of sp³-hybridized carbons (Fsp3) is 0.304. The molecule has 6 nitrogen and oxygen atoms in total. The van der Waals surface area contributed by atoms with Crippen molar-refractivity contribution in [3.05, 3.63) is 64.3 Å². The molecule has 0 aromatic heterocycles. The second-order valence-corrected chi connectivity index (χ2v) is 7.92. The molecule has 0 spiro atoms. The van der Waals surface area contributed by atoms with Crippen LogP contribution in [0.25, 0.3) is 6.08 Å². The molecule has 2 fully saturated rings. The topological polar surface area (TPSA) is 61.9 Å². The lowest BCUT2D eigenvalue weighted by Gasteiger charge is -2.29. The number of nitrogens with one attached hydrogen (secondary N) is 1. The van der Waals surface area contributed by atoms with Crippen LogP contribution in [0.5, 0.6) is 5.75 Å². The number of nitrogens with zero attached hydrogens (tertiary/aromatic N) is 2. The van der Waals surface area contributed by atoms with Crippen LogP contribution in [0.2, 0.25) is 5.02 Å². The highest BCUT2D eigenvalue weighted by Crippen LogP contribution is 2.30. The first-order chi connectivity index (χ1) is 14.5.